The number of carboxylic acids is 1. The lowest BCUT2D eigenvalue weighted by Gasteiger charge is -2.06. The summed E-state index contributed by atoms with van der Waals surface area (Å²) in [6.07, 6.45) is 0.562. The van der Waals surface area contributed by atoms with E-state index in [0.29, 0.717) is 32.3 Å². The van der Waals surface area contributed by atoms with Crippen LogP contribution in [0.5, 0.6) is 5.75 Å². The Bertz CT molecular complexity index is 631. The molecule has 0 fully saturated rings. The molecule has 0 atom stereocenters. The molecule has 0 saturated heterocycles. The van der Waals surface area contributed by atoms with Gasteiger partial charge in [-0.1, -0.05) is 6.92 Å². The third-order valence-electron chi connectivity index (χ3n) is 2.69. The average molecular weight is 378 g/mol. The maximum Gasteiger partial charge on any atom is 0.372 e. The third-order valence-corrected chi connectivity index (χ3v) is 4.06. The second-order valence-electron chi connectivity index (χ2n) is 3.65. The summed E-state index contributed by atoms with van der Waals surface area (Å²) in [5, 5.41) is 9.89. The fourth-order valence-electron chi connectivity index (χ4n) is 1.89. The first-order chi connectivity index (χ1) is 8.51. The van der Waals surface area contributed by atoms with Crippen LogP contribution in [0.15, 0.2) is 19.4 Å². The van der Waals surface area contributed by atoms with E-state index in [-0.39, 0.29) is 5.76 Å². The Kier molecular flexibility index (Phi) is 3.68. The second kappa shape index (κ2) is 4.93. The Balaban J connectivity index is 2.93. The summed E-state index contributed by atoms with van der Waals surface area (Å²) in [4.78, 5) is 11.2. The number of aromatic carboxylic acids is 1. The van der Waals surface area contributed by atoms with E-state index in [4.69, 9.17) is 14.3 Å². The van der Waals surface area contributed by atoms with Crippen LogP contribution in [0.1, 0.15) is 23.0 Å². The predicted octanol–water partition coefficient (Wildman–Crippen LogP) is 4.23. The monoisotopic (exact) mass is 376 g/mol. The highest BCUT2D eigenvalue weighted by atomic mass is 79.9. The number of hydrogen-bond acceptors (Lipinski definition) is 3. The number of halogens is 2. The molecule has 1 aromatic heterocycles. The summed E-state index contributed by atoms with van der Waals surface area (Å²) in [6.45, 7) is 1.89. The van der Waals surface area contributed by atoms with Crippen molar-refractivity contribution in [3.05, 3.63) is 26.3 Å². The molecule has 1 N–H and O–H groups in total. The van der Waals surface area contributed by atoms with Crippen LogP contribution in [0, 0.1) is 0 Å². The van der Waals surface area contributed by atoms with Crippen LogP contribution < -0.4 is 4.74 Å². The maximum absolute atomic E-state index is 11.2. The molecule has 0 aliphatic heterocycles. The fraction of sp³-hybridized carbons (Fsp3) is 0.250. The second-order valence-corrected chi connectivity index (χ2v) is 5.29. The Labute approximate surface area is 120 Å². The molecule has 0 radical (unpaired) electrons. The van der Waals surface area contributed by atoms with Gasteiger partial charge in [-0.2, -0.15) is 0 Å². The standard InChI is InChI=1S/C12H10Br2O4/c1-3-5-8-9(14)7(17-2)4-6(13)11(8)18-10(5)12(15)16/h4H,3H2,1-2H3,(H,15,16). The van der Waals surface area contributed by atoms with Gasteiger partial charge in [-0.15, -0.1) is 0 Å². The molecule has 1 aromatic carbocycles. The highest BCUT2D eigenvalue weighted by Gasteiger charge is 2.23. The lowest BCUT2D eigenvalue weighted by Crippen LogP contribution is -1.97. The molecule has 0 bridgehead atoms. The number of rotatable bonds is 3. The van der Waals surface area contributed by atoms with Crippen LogP contribution in [-0.4, -0.2) is 18.2 Å². The SMILES string of the molecule is CCc1c(C(=O)O)oc2c(Br)cc(OC)c(Br)c12. The highest BCUT2D eigenvalue weighted by molar-refractivity contribution is 9.11. The number of aryl methyl sites for hydroxylation is 1. The summed E-state index contributed by atoms with van der Waals surface area (Å²) in [5.41, 5.74) is 1.17. The third kappa shape index (κ3) is 1.93. The topological polar surface area (TPSA) is 59.7 Å². The Morgan fingerprint density at radius 2 is 2.17 bits per heavy atom. The van der Waals surface area contributed by atoms with Gasteiger partial charge in [0, 0.05) is 10.9 Å². The van der Waals surface area contributed by atoms with E-state index in [1.165, 1.54) is 0 Å². The molecule has 6 heteroatoms. The number of hydrogen-bond donors (Lipinski definition) is 1. The number of carboxylic acid groups (broad SMARTS) is 1. The first-order valence-electron chi connectivity index (χ1n) is 5.21. The van der Waals surface area contributed by atoms with E-state index in [2.05, 4.69) is 31.9 Å². The lowest BCUT2D eigenvalue weighted by molar-refractivity contribution is 0.0663. The Hall–Kier alpha value is -1.01. The van der Waals surface area contributed by atoms with Crippen LogP contribution in [0.25, 0.3) is 11.0 Å². The van der Waals surface area contributed by atoms with Crippen molar-refractivity contribution in [3.8, 4) is 5.75 Å². The first-order valence-corrected chi connectivity index (χ1v) is 6.80. The van der Waals surface area contributed by atoms with Crippen LogP contribution in [0.3, 0.4) is 0 Å². The van der Waals surface area contributed by atoms with Gasteiger partial charge in [0.25, 0.3) is 0 Å². The summed E-state index contributed by atoms with van der Waals surface area (Å²) in [7, 11) is 1.56. The van der Waals surface area contributed by atoms with Gasteiger partial charge in [0.1, 0.15) is 5.75 Å². The van der Waals surface area contributed by atoms with Crippen LogP contribution >= 0.6 is 31.9 Å². The largest absolute Gasteiger partial charge is 0.496 e. The van der Waals surface area contributed by atoms with E-state index in [1.807, 2.05) is 6.92 Å². The van der Waals surface area contributed by atoms with Crippen molar-refractivity contribution in [1.29, 1.82) is 0 Å². The molecule has 4 nitrogen and oxygen atoms in total. The molecule has 0 amide bonds. The molecular weight excluding hydrogens is 368 g/mol. The molecular formula is C12H10Br2O4. The molecule has 0 spiro atoms. The van der Waals surface area contributed by atoms with E-state index >= 15 is 0 Å². The molecule has 0 unspecified atom stereocenters. The van der Waals surface area contributed by atoms with Gasteiger partial charge in [-0.3, -0.25) is 0 Å². The molecule has 2 aromatic rings. The number of ether oxygens (including phenoxy) is 1. The predicted molar refractivity (Wildman–Crippen MR) is 74.5 cm³/mol. The summed E-state index contributed by atoms with van der Waals surface area (Å²) < 4.78 is 12.0. The summed E-state index contributed by atoms with van der Waals surface area (Å²) in [6, 6.07) is 1.74. The van der Waals surface area contributed by atoms with Gasteiger partial charge in [0.2, 0.25) is 5.76 Å². The molecule has 0 saturated carbocycles. The van der Waals surface area contributed by atoms with Crippen LogP contribution in [-0.2, 0) is 6.42 Å². The first kappa shape index (κ1) is 13.4. The Morgan fingerprint density at radius 1 is 1.50 bits per heavy atom. The van der Waals surface area contributed by atoms with Gasteiger partial charge >= 0.3 is 5.97 Å². The van der Waals surface area contributed by atoms with Crippen LogP contribution in [0.4, 0.5) is 0 Å². The Morgan fingerprint density at radius 3 is 2.67 bits per heavy atom. The van der Waals surface area contributed by atoms with Crippen molar-refractivity contribution in [1.82, 2.24) is 0 Å². The molecule has 0 aliphatic carbocycles. The zero-order valence-electron chi connectivity index (χ0n) is 9.71. The molecule has 18 heavy (non-hydrogen) atoms. The van der Waals surface area contributed by atoms with Crippen molar-refractivity contribution in [3.63, 3.8) is 0 Å². The van der Waals surface area contributed by atoms with Crippen LogP contribution in [0.2, 0.25) is 0 Å². The maximum atomic E-state index is 11.2. The highest BCUT2D eigenvalue weighted by Crippen LogP contribution is 2.42. The minimum absolute atomic E-state index is 0.0258. The zero-order chi connectivity index (χ0) is 13.4. The minimum Gasteiger partial charge on any atom is -0.496 e. The van der Waals surface area contributed by atoms with Crippen molar-refractivity contribution in [2.45, 2.75) is 13.3 Å². The van der Waals surface area contributed by atoms with Crippen molar-refractivity contribution < 1.29 is 19.1 Å². The quantitative estimate of drug-likeness (QED) is 0.869. The number of benzene rings is 1. The van der Waals surface area contributed by atoms with Crippen molar-refractivity contribution >= 4 is 48.8 Å². The summed E-state index contributed by atoms with van der Waals surface area (Å²) in [5.74, 6) is -0.468. The van der Waals surface area contributed by atoms with Crippen molar-refractivity contribution in [2.24, 2.45) is 0 Å². The number of methoxy groups -OCH3 is 1. The minimum atomic E-state index is -1.07. The number of fused-ring (bicyclic) bond motifs is 1. The lowest BCUT2D eigenvalue weighted by atomic mass is 10.1. The molecule has 0 aliphatic rings. The van der Waals surface area contributed by atoms with Gasteiger partial charge in [-0.05, 0) is 44.3 Å². The van der Waals surface area contributed by atoms with Gasteiger partial charge < -0.3 is 14.3 Å². The van der Waals surface area contributed by atoms with Crippen molar-refractivity contribution in [2.75, 3.05) is 7.11 Å². The van der Waals surface area contributed by atoms with E-state index in [1.54, 1.807) is 13.2 Å². The molecule has 96 valence electrons. The van der Waals surface area contributed by atoms with Gasteiger partial charge in [-0.25, -0.2) is 4.79 Å². The van der Waals surface area contributed by atoms with Gasteiger partial charge in [0.05, 0.1) is 16.1 Å². The van der Waals surface area contributed by atoms with Gasteiger partial charge in [0.15, 0.2) is 5.58 Å². The fourth-order valence-corrected chi connectivity index (χ4v) is 3.07. The summed E-state index contributed by atoms with van der Waals surface area (Å²) >= 11 is 6.79. The van der Waals surface area contributed by atoms with E-state index in [0.717, 1.165) is 5.39 Å². The van der Waals surface area contributed by atoms with E-state index in [9.17, 15) is 4.79 Å². The zero-order valence-corrected chi connectivity index (χ0v) is 12.9. The number of furan rings is 1. The average Bonchev–Trinajstić information content (AvgIpc) is 2.73. The molecule has 1 heterocycles. The van der Waals surface area contributed by atoms with E-state index < -0.39 is 5.97 Å². The number of carbonyl (C=O) groups is 1. The normalized spacial score (nSPS) is 10.9. The molecule has 2 rings (SSSR count). The smallest absolute Gasteiger partial charge is 0.372 e.